The van der Waals surface area contributed by atoms with Crippen LogP contribution in [0.15, 0.2) is 42.7 Å². The molecule has 0 atom stereocenters. The molecule has 0 aliphatic carbocycles. The maximum absolute atomic E-state index is 13.1. The summed E-state index contributed by atoms with van der Waals surface area (Å²) in [5.74, 6) is -0.229. The largest absolute Gasteiger partial charge is 0.357 e. The molecule has 29 heavy (non-hydrogen) atoms. The lowest BCUT2D eigenvalue weighted by Gasteiger charge is -2.01. The van der Waals surface area contributed by atoms with Crippen molar-refractivity contribution in [1.29, 1.82) is 0 Å². The Kier molecular flexibility index (Phi) is 5.44. The number of aryl methyl sites for hydroxylation is 3. The van der Waals surface area contributed by atoms with E-state index in [4.69, 9.17) is 0 Å². The number of aromatic nitrogens is 5. The summed E-state index contributed by atoms with van der Waals surface area (Å²) in [5, 5.41) is 13.4. The highest BCUT2D eigenvalue weighted by Gasteiger charge is 2.13. The SMILES string of the molecule is CCn1cc(CNc2nc(C)c(-c3ccn(Cc4ccc(F)cc4)n3)s2)c(C)n1. The molecule has 3 heterocycles. The number of hydrogen-bond acceptors (Lipinski definition) is 5. The topological polar surface area (TPSA) is 60.6 Å². The molecule has 0 unspecified atom stereocenters. The lowest BCUT2D eigenvalue weighted by molar-refractivity contribution is 0.624. The van der Waals surface area contributed by atoms with Gasteiger partial charge in [0.1, 0.15) is 11.5 Å². The summed E-state index contributed by atoms with van der Waals surface area (Å²) < 4.78 is 16.9. The van der Waals surface area contributed by atoms with Gasteiger partial charge < -0.3 is 5.32 Å². The van der Waals surface area contributed by atoms with Gasteiger partial charge in [-0.15, -0.1) is 0 Å². The predicted octanol–water partition coefficient (Wildman–Crippen LogP) is 4.64. The second kappa shape index (κ2) is 8.16. The number of halogens is 1. The van der Waals surface area contributed by atoms with E-state index < -0.39 is 0 Å². The van der Waals surface area contributed by atoms with Gasteiger partial charge in [0.05, 0.1) is 22.8 Å². The number of hydrogen-bond donors (Lipinski definition) is 1. The van der Waals surface area contributed by atoms with Crippen LogP contribution in [0.2, 0.25) is 0 Å². The van der Waals surface area contributed by atoms with E-state index in [0.717, 1.165) is 39.2 Å². The van der Waals surface area contributed by atoms with Crippen molar-refractivity contribution in [1.82, 2.24) is 24.5 Å². The fourth-order valence-corrected chi connectivity index (χ4v) is 4.05. The monoisotopic (exact) mass is 410 g/mol. The molecular formula is C21H23FN6S. The second-order valence-electron chi connectivity index (χ2n) is 6.91. The Morgan fingerprint density at radius 2 is 1.83 bits per heavy atom. The van der Waals surface area contributed by atoms with Crippen LogP contribution in [0, 0.1) is 19.7 Å². The Hall–Kier alpha value is -3.00. The molecular weight excluding hydrogens is 387 g/mol. The van der Waals surface area contributed by atoms with Crippen LogP contribution in [0.5, 0.6) is 0 Å². The van der Waals surface area contributed by atoms with E-state index in [0.29, 0.717) is 13.1 Å². The normalized spacial score (nSPS) is 11.2. The van der Waals surface area contributed by atoms with Gasteiger partial charge in [-0.3, -0.25) is 9.36 Å². The van der Waals surface area contributed by atoms with Crippen LogP contribution in [0.4, 0.5) is 9.52 Å². The summed E-state index contributed by atoms with van der Waals surface area (Å²) in [6.07, 6.45) is 4.01. The first-order valence-corrected chi connectivity index (χ1v) is 10.4. The van der Waals surface area contributed by atoms with Gasteiger partial charge in [-0.2, -0.15) is 10.2 Å². The average Bonchev–Trinajstić information content (AvgIpc) is 3.40. The fourth-order valence-electron chi connectivity index (χ4n) is 3.12. The van der Waals surface area contributed by atoms with Crippen LogP contribution in [-0.2, 0) is 19.6 Å². The highest BCUT2D eigenvalue weighted by atomic mass is 32.1. The highest BCUT2D eigenvalue weighted by molar-refractivity contribution is 7.19. The average molecular weight is 411 g/mol. The first-order valence-electron chi connectivity index (χ1n) is 9.54. The molecule has 1 N–H and O–H groups in total. The molecule has 0 aliphatic heterocycles. The van der Waals surface area contributed by atoms with Crippen molar-refractivity contribution < 1.29 is 4.39 Å². The smallest absolute Gasteiger partial charge is 0.183 e. The highest BCUT2D eigenvalue weighted by Crippen LogP contribution is 2.32. The number of thiazole rings is 1. The maximum atomic E-state index is 13.1. The summed E-state index contributed by atoms with van der Waals surface area (Å²) in [6, 6.07) is 8.48. The van der Waals surface area contributed by atoms with Gasteiger partial charge in [-0.1, -0.05) is 23.5 Å². The van der Waals surface area contributed by atoms with Crippen molar-refractivity contribution in [3.63, 3.8) is 0 Å². The summed E-state index contributed by atoms with van der Waals surface area (Å²) in [4.78, 5) is 5.70. The molecule has 0 aliphatic rings. The third-order valence-electron chi connectivity index (χ3n) is 4.73. The molecule has 150 valence electrons. The molecule has 4 rings (SSSR count). The molecule has 0 fully saturated rings. The summed E-state index contributed by atoms with van der Waals surface area (Å²) in [6.45, 7) is 8.25. The van der Waals surface area contributed by atoms with Crippen molar-refractivity contribution >= 4 is 16.5 Å². The van der Waals surface area contributed by atoms with Crippen molar-refractivity contribution in [2.45, 2.75) is 40.4 Å². The standard InChI is InChI=1S/C21H23FN6S/c1-4-27-13-17(14(2)25-27)11-23-21-24-15(3)20(29-21)19-9-10-28(26-19)12-16-5-7-18(22)8-6-16/h5-10,13H,4,11-12H2,1-3H3,(H,23,24). The second-order valence-corrected chi connectivity index (χ2v) is 7.91. The van der Waals surface area contributed by atoms with Crippen LogP contribution in [-0.4, -0.2) is 24.5 Å². The van der Waals surface area contributed by atoms with E-state index in [-0.39, 0.29) is 5.82 Å². The molecule has 4 aromatic rings. The molecule has 8 heteroatoms. The molecule has 0 saturated carbocycles. The Bertz CT molecular complexity index is 1110. The van der Waals surface area contributed by atoms with E-state index in [2.05, 4.69) is 33.6 Å². The van der Waals surface area contributed by atoms with Crippen LogP contribution in [0.1, 0.15) is 29.4 Å². The molecule has 0 saturated heterocycles. The molecule has 0 radical (unpaired) electrons. The number of benzene rings is 1. The van der Waals surface area contributed by atoms with Crippen LogP contribution in [0.25, 0.3) is 10.6 Å². The number of nitrogens with zero attached hydrogens (tertiary/aromatic N) is 5. The van der Waals surface area contributed by atoms with E-state index in [1.807, 2.05) is 35.5 Å². The minimum atomic E-state index is -0.229. The molecule has 3 aromatic heterocycles. The van der Waals surface area contributed by atoms with Gasteiger partial charge in [0, 0.05) is 31.0 Å². The van der Waals surface area contributed by atoms with E-state index in [1.165, 1.54) is 17.7 Å². The molecule has 6 nitrogen and oxygen atoms in total. The summed E-state index contributed by atoms with van der Waals surface area (Å²) >= 11 is 1.60. The van der Waals surface area contributed by atoms with Crippen molar-refractivity contribution in [3.8, 4) is 10.6 Å². The van der Waals surface area contributed by atoms with Gasteiger partial charge in [-0.05, 0) is 44.5 Å². The minimum Gasteiger partial charge on any atom is -0.357 e. The third kappa shape index (κ3) is 4.37. The van der Waals surface area contributed by atoms with Crippen molar-refractivity contribution in [3.05, 3.63) is 71.1 Å². The van der Waals surface area contributed by atoms with Crippen LogP contribution in [0.3, 0.4) is 0 Å². The van der Waals surface area contributed by atoms with Crippen LogP contribution >= 0.6 is 11.3 Å². The first kappa shape index (κ1) is 19.3. The zero-order valence-electron chi connectivity index (χ0n) is 16.7. The zero-order chi connectivity index (χ0) is 20.4. The number of rotatable bonds is 7. The van der Waals surface area contributed by atoms with Crippen molar-refractivity contribution in [2.24, 2.45) is 0 Å². The first-order chi connectivity index (χ1) is 14.0. The molecule has 0 bridgehead atoms. The molecule has 0 amide bonds. The van der Waals surface area contributed by atoms with Gasteiger partial charge in [-0.25, -0.2) is 9.37 Å². The predicted molar refractivity (Wildman–Crippen MR) is 114 cm³/mol. The molecule has 1 aromatic carbocycles. The Balaban J connectivity index is 1.45. The molecule has 0 spiro atoms. The fraction of sp³-hybridized carbons (Fsp3) is 0.286. The Morgan fingerprint density at radius 1 is 1.03 bits per heavy atom. The van der Waals surface area contributed by atoms with Gasteiger partial charge >= 0.3 is 0 Å². The minimum absolute atomic E-state index is 0.229. The van der Waals surface area contributed by atoms with Crippen LogP contribution < -0.4 is 5.32 Å². The van der Waals surface area contributed by atoms with Gasteiger partial charge in [0.15, 0.2) is 5.13 Å². The van der Waals surface area contributed by atoms with E-state index >= 15 is 0 Å². The Morgan fingerprint density at radius 3 is 2.55 bits per heavy atom. The Labute approximate surface area is 173 Å². The van der Waals surface area contributed by atoms with Gasteiger partial charge in [0.25, 0.3) is 0 Å². The number of nitrogens with one attached hydrogen (secondary N) is 1. The van der Waals surface area contributed by atoms with Crippen molar-refractivity contribution in [2.75, 3.05) is 5.32 Å². The van der Waals surface area contributed by atoms with Gasteiger partial charge in [0.2, 0.25) is 0 Å². The lowest BCUT2D eigenvalue weighted by atomic mass is 10.2. The van der Waals surface area contributed by atoms with E-state index in [1.54, 1.807) is 23.5 Å². The maximum Gasteiger partial charge on any atom is 0.183 e. The number of anilines is 1. The quantitative estimate of drug-likeness (QED) is 0.482. The third-order valence-corrected chi connectivity index (χ3v) is 5.87. The summed E-state index contributed by atoms with van der Waals surface area (Å²) in [5.41, 5.74) is 5.06. The lowest BCUT2D eigenvalue weighted by Crippen LogP contribution is -2.00. The summed E-state index contributed by atoms with van der Waals surface area (Å²) in [7, 11) is 0. The van der Waals surface area contributed by atoms with E-state index in [9.17, 15) is 4.39 Å². The zero-order valence-corrected chi connectivity index (χ0v) is 17.5.